The molecule has 0 spiro atoms. The zero-order valence-electron chi connectivity index (χ0n) is 10.3. The number of nitrogens with one attached hydrogen (secondary N) is 1. The fraction of sp³-hybridized carbons (Fsp3) is 1.00. The van der Waals surface area contributed by atoms with Crippen LogP contribution in [-0.4, -0.2) is 49.5 Å². The number of hydrogen-bond donors (Lipinski definition) is 2. The minimum absolute atomic E-state index is 0.318. The topological polar surface area (TPSA) is 41.5 Å². The molecule has 0 amide bonds. The van der Waals surface area contributed by atoms with Crippen molar-refractivity contribution in [3.8, 4) is 0 Å². The summed E-state index contributed by atoms with van der Waals surface area (Å²) >= 11 is 1.92. The molecular formula is C12H25NO2S. The molecule has 0 atom stereocenters. The van der Waals surface area contributed by atoms with Crippen molar-refractivity contribution in [2.45, 2.75) is 26.2 Å². The van der Waals surface area contributed by atoms with Crippen LogP contribution in [-0.2, 0) is 4.74 Å². The van der Waals surface area contributed by atoms with E-state index in [4.69, 9.17) is 9.84 Å². The third kappa shape index (κ3) is 6.09. The lowest BCUT2D eigenvalue weighted by Crippen LogP contribution is -2.37. The van der Waals surface area contributed by atoms with E-state index in [9.17, 15) is 0 Å². The molecule has 16 heavy (non-hydrogen) atoms. The maximum absolute atomic E-state index is 8.63. The molecule has 2 N–H and O–H groups in total. The van der Waals surface area contributed by atoms with Crippen LogP contribution in [0.4, 0.5) is 0 Å². The molecule has 1 rings (SSSR count). The van der Waals surface area contributed by atoms with Crippen LogP contribution in [0.1, 0.15) is 26.2 Å². The molecule has 0 aromatic heterocycles. The molecular weight excluding hydrogens is 222 g/mol. The van der Waals surface area contributed by atoms with Gasteiger partial charge in [-0.3, -0.25) is 0 Å². The third-order valence-corrected chi connectivity index (χ3v) is 4.19. The quantitative estimate of drug-likeness (QED) is 0.638. The smallest absolute Gasteiger partial charge is 0.0471 e. The Morgan fingerprint density at radius 3 is 2.75 bits per heavy atom. The number of ether oxygens (including phenoxy) is 1. The van der Waals surface area contributed by atoms with Gasteiger partial charge in [-0.1, -0.05) is 6.92 Å². The second-order valence-electron chi connectivity index (χ2n) is 4.79. The molecule has 0 aliphatic carbocycles. The second-order valence-corrected chi connectivity index (χ2v) is 6.01. The Morgan fingerprint density at radius 1 is 1.31 bits per heavy atom. The molecule has 4 heteroatoms. The Labute approximate surface area is 103 Å². The molecule has 0 bridgehead atoms. The number of hydrogen-bond acceptors (Lipinski definition) is 4. The second kappa shape index (κ2) is 8.34. The normalized spacial score (nSPS) is 19.9. The van der Waals surface area contributed by atoms with Crippen molar-refractivity contribution in [2.24, 2.45) is 5.41 Å². The van der Waals surface area contributed by atoms with E-state index in [0.29, 0.717) is 12.0 Å². The summed E-state index contributed by atoms with van der Waals surface area (Å²) in [7, 11) is 0. The van der Waals surface area contributed by atoms with Crippen LogP contribution < -0.4 is 5.32 Å². The lowest BCUT2D eigenvalue weighted by molar-refractivity contribution is 0.0244. The van der Waals surface area contributed by atoms with Crippen LogP contribution in [0, 0.1) is 5.41 Å². The fourth-order valence-corrected chi connectivity index (χ4v) is 2.67. The van der Waals surface area contributed by atoms with Gasteiger partial charge in [-0.2, -0.15) is 11.8 Å². The van der Waals surface area contributed by atoms with E-state index in [-0.39, 0.29) is 0 Å². The highest BCUT2D eigenvalue weighted by molar-refractivity contribution is 7.99. The van der Waals surface area contributed by atoms with E-state index in [2.05, 4.69) is 12.2 Å². The van der Waals surface area contributed by atoms with Crippen LogP contribution in [0.15, 0.2) is 0 Å². The van der Waals surface area contributed by atoms with Gasteiger partial charge in [-0.25, -0.2) is 0 Å². The van der Waals surface area contributed by atoms with E-state index in [1.165, 1.54) is 12.8 Å². The summed E-state index contributed by atoms with van der Waals surface area (Å²) in [4.78, 5) is 0. The molecule has 1 aliphatic heterocycles. The number of rotatable bonds is 8. The van der Waals surface area contributed by atoms with Gasteiger partial charge >= 0.3 is 0 Å². The van der Waals surface area contributed by atoms with E-state index in [0.717, 1.165) is 44.2 Å². The van der Waals surface area contributed by atoms with Crippen molar-refractivity contribution >= 4 is 11.8 Å². The maximum atomic E-state index is 8.63. The minimum atomic E-state index is 0.318. The standard InChI is InChI=1S/C12H25NO2S/c1-12(3-7-15-8-4-12)11-13-5-10-16-9-2-6-14/h13-14H,2-11H2,1H3. The summed E-state index contributed by atoms with van der Waals surface area (Å²) in [6.45, 7) is 6.69. The Bertz CT molecular complexity index is 172. The number of aliphatic hydroxyl groups is 1. The number of aliphatic hydroxyl groups excluding tert-OH is 1. The Kier molecular flexibility index (Phi) is 7.45. The van der Waals surface area contributed by atoms with Crippen molar-refractivity contribution < 1.29 is 9.84 Å². The third-order valence-electron chi connectivity index (χ3n) is 3.12. The molecule has 0 saturated carbocycles. The van der Waals surface area contributed by atoms with Crippen molar-refractivity contribution in [3.63, 3.8) is 0 Å². The van der Waals surface area contributed by atoms with E-state index in [1.54, 1.807) is 0 Å². The lowest BCUT2D eigenvalue weighted by Gasteiger charge is -2.33. The molecule has 3 nitrogen and oxygen atoms in total. The molecule has 1 saturated heterocycles. The fourth-order valence-electron chi connectivity index (χ4n) is 1.84. The summed E-state index contributed by atoms with van der Waals surface area (Å²) in [5, 5.41) is 12.2. The predicted octanol–water partition coefficient (Wildman–Crippen LogP) is 1.51. The maximum Gasteiger partial charge on any atom is 0.0471 e. The van der Waals surface area contributed by atoms with Crippen molar-refractivity contribution in [1.29, 1.82) is 0 Å². The van der Waals surface area contributed by atoms with Crippen LogP contribution in [0.25, 0.3) is 0 Å². The van der Waals surface area contributed by atoms with Gasteiger partial charge in [0.05, 0.1) is 0 Å². The number of thioether (sulfide) groups is 1. The van der Waals surface area contributed by atoms with Crippen molar-refractivity contribution in [3.05, 3.63) is 0 Å². The first-order valence-electron chi connectivity index (χ1n) is 6.24. The first-order valence-corrected chi connectivity index (χ1v) is 7.39. The largest absolute Gasteiger partial charge is 0.396 e. The molecule has 0 aromatic carbocycles. The summed E-state index contributed by atoms with van der Waals surface area (Å²) in [5.41, 5.74) is 0.439. The van der Waals surface area contributed by atoms with E-state index >= 15 is 0 Å². The van der Waals surface area contributed by atoms with Gasteiger partial charge in [0, 0.05) is 38.7 Å². The molecule has 1 heterocycles. The summed E-state index contributed by atoms with van der Waals surface area (Å²) in [6.07, 6.45) is 3.27. The summed E-state index contributed by atoms with van der Waals surface area (Å²) < 4.78 is 5.38. The van der Waals surface area contributed by atoms with Gasteiger partial charge in [0.15, 0.2) is 0 Å². The summed E-state index contributed by atoms with van der Waals surface area (Å²) in [6, 6.07) is 0. The molecule has 0 radical (unpaired) electrons. The monoisotopic (exact) mass is 247 g/mol. The van der Waals surface area contributed by atoms with E-state index in [1.807, 2.05) is 11.8 Å². The average Bonchev–Trinajstić information content (AvgIpc) is 2.29. The first-order chi connectivity index (χ1) is 7.77. The lowest BCUT2D eigenvalue weighted by atomic mass is 9.82. The van der Waals surface area contributed by atoms with Gasteiger partial charge in [-0.15, -0.1) is 0 Å². The van der Waals surface area contributed by atoms with Gasteiger partial charge < -0.3 is 15.2 Å². The van der Waals surface area contributed by atoms with Gasteiger partial charge in [-0.05, 0) is 30.4 Å². The van der Waals surface area contributed by atoms with Crippen LogP contribution in [0.2, 0.25) is 0 Å². The minimum Gasteiger partial charge on any atom is -0.396 e. The molecule has 1 aliphatic rings. The highest BCUT2D eigenvalue weighted by Gasteiger charge is 2.26. The Morgan fingerprint density at radius 2 is 2.06 bits per heavy atom. The van der Waals surface area contributed by atoms with Crippen molar-refractivity contribution in [1.82, 2.24) is 5.32 Å². The Hall–Kier alpha value is 0.230. The average molecular weight is 247 g/mol. The van der Waals surface area contributed by atoms with Crippen molar-refractivity contribution in [2.75, 3.05) is 44.4 Å². The van der Waals surface area contributed by atoms with Crippen LogP contribution in [0.5, 0.6) is 0 Å². The van der Waals surface area contributed by atoms with Crippen LogP contribution >= 0.6 is 11.8 Å². The Balaban J connectivity index is 1.93. The first kappa shape index (κ1) is 14.3. The zero-order valence-corrected chi connectivity index (χ0v) is 11.2. The highest BCUT2D eigenvalue weighted by atomic mass is 32.2. The SMILES string of the molecule is CC1(CNCCSCCCO)CCOCC1. The van der Waals surface area contributed by atoms with Gasteiger partial charge in [0.25, 0.3) is 0 Å². The predicted molar refractivity (Wildman–Crippen MR) is 70.1 cm³/mol. The molecule has 1 fully saturated rings. The highest BCUT2D eigenvalue weighted by Crippen LogP contribution is 2.28. The van der Waals surface area contributed by atoms with Gasteiger partial charge in [0.2, 0.25) is 0 Å². The zero-order chi connectivity index (χ0) is 11.7. The van der Waals surface area contributed by atoms with E-state index < -0.39 is 0 Å². The molecule has 0 aromatic rings. The van der Waals surface area contributed by atoms with Gasteiger partial charge in [0.1, 0.15) is 0 Å². The molecule has 0 unspecified atom stereocenters. The molecule has 96 valence electrons. The summed E-state index contributed by atoms with van der Waals surface area (Å²) in [5.74, 6) is 2.22. The van der Waals surface area contributed by atoms with Crippen LogP contribution in [0.3, 0.4) is 0 Å².